The third kappa shape index (κ3) is 4.56. The fraction of sp³-hybridized carbons (Fsp3) is 0.409. The summed E-state index contributed by atoms with van der Waals surface area (Å²) < 4.78 is 31.8. The number of sulfonamides is 1. The van der Waals surface area contributed by atoms with Gasteiger partial charge in [0.2, 0.25) is 10.0 Å². The summed E-state index contributed by atoms with van der Waals surface area (Å²) in [4.78, 5) is 13.0. The van der Waals surface area contributed by atoms with Gasteiger partial charge in [-0.3, -0.25) is 9.10 Å². The van der Waals surface area contributed by atoms with Crippen LogP contribution < -0.4 is 14.4 Å². The molecule has 1 aliphatic heterocycles. The minimum absolute atomic E-state index is 0.0511. The Morgan fingerprint density at radius 1 is 1.17 bits per heavy atom. The van der Waals surface area contributed by atoms with Crippen molar-refractivity contribution in [1.82, 2.24) is 5.32 Å². The highest BCUT2D eigenvalue weighted by atomic mass is 32.2. The number of fused-ring (bicyclic) bond motifs is 1. The Balaban J connectivity index is 1.85. The highest BCUT2D eigenvalue weighted by Crippen LogP contribution is 2.36. The quantitative estimate of drug-likeness (QED) is 0.811. The lowest BCUT2D eigenvalue weighted by Crippen LogP contribution is -2.51. The maximum Gasteiger partial charge on any atom is 0.263 e. The van der Waals surface area contributed by atoms with Crippen LogP contribution in [-0.2, 0) is 14.8 Å². The summed E-state index contributed by atoms with van der Waals surface area (Å²) in [6.07, 6.45) is 0.941. The summed E-state index contributed by atoms with van der Waals surface area (Å²) in [6, 6.07) is 11.3. The molecule has 2 atom stereocenters. The highest BCUT2D eigenvalue weighted by molar-refractivity contribution is 7.92. The second-order valence-electron chi connectivity index (χ2n) is 7.68. The number of rotatable bonds is 5. The molecule has 1 amide bonds. The third-order valence-corrected chi connectivity index (χ3v) is 6.48. The zero-order valence-corrected chi connectivity index (χ0v) is 18.3. The van der Waals surface area contributed by atoms with Crippen LogP contribution >= 0.6 is 0 Å². The molecule has 0 fully saturated rings. The van der Waals surface area contributed by atoms with E-state index in [9.17, 15) is 13.2 Å². The van der Waals surface area contributed by atoms with Gasteiger partial charge in [-0.05, 0) is 61.6 Å². The fourth-order valence-corrected chi connectivity index (χ4v) is 4.39. The van der Waals surface area contributed by atoms with Gasteiger partial charge >= 0.3 is 0 Å². The topological polar surface area (TPSA) is 75.7 Å². The van der Waals surface area contributed by atoms with Crippen molar-refractivity contribution in [1.29, 1.82) is 0 Å². The van der Waals surface area contributed by atoms with E-state index < -0.39 is 16.1 Å². The molecule has 0 unspecified atom stereocenters. The average Bonchev–Trinajstić information content (AvgIpc) is 2.66. The van der Waals surface area contributed by atoms with E-state index in [1.54, 1.807) is 12.1 Å². The first-order valence-electron chi connectivity index (χ1n) is 9.72. The number of aryl methyl sites for hydroxylation is 3. The van der Waals surface area contributed by atoms with Crippen molar-refractivity contribution in [2.45, 2.75) is 46.3 Å². The molecular weight excluding hydrogens is 388 g/mol. The number of carbonyl (C=O) groups is 1. The molecule has 0 radical (unpaired) electrons. The molecule has 2 aromatic rings. The van der Waals surface area contributed by atoms with Gasteiger partial charge in [0.15, 0.2) is 6.10 Å². The van der Waals surface area contributed by atoms with Crippen molar-refractivity contribution < 1.29 is 17.9 Å². The van der Waals surface area contributed by atoms with Crippen LogP contribution in [0.2, 0.25) is 0 Å². The Morgan fingerprint density at radius 3 is 2.52 bits per heavy atom. The van der Waals surface area contributed by atoms with Crippen molar-refractivity contribution in [3.8, 4) is 5.75 Å². The van der Waals surface area contributed by atoms with Gasteiger partial charge in [-0.15, -0.1) is 0 Å². The minimum Gasteiger partial charge on any atom is -0.476 e. The van der Waals surface area contributed by atoms with E-state index in [1.807, 2.05) is 45.9 Å². The fourth-order valence-electron chi connectivity index (χ4n) is 3.48. The lowest BCUT2D eigenvalue weighted by atomic mass is 9.99. The molecule has 1 heterocycles. The molecule has 0 saturated heterocycles. The highest BCUT2D eigenvalue weighted by Gasteiger charge is 2.35. The lowest BCUT2D eigenvalue weighted by molar-refractivity contribution is -0.128. The average molecular weight is 417 g/mol. The molecule has 0 saturated carbocycles. The van der Waals surface area contributed by atoms with Gasteiger partial charge in [0.1, 0.15) is 5.75 Å². The van der Waals surface area contributed by atoms with Gasteiger partial charge in [-0.1, -0.05) is 31.2 Å². The molecule has 3 rings (SSSR count). The van der Waals surface area contributed by atoms with Crippen molar-refractivity contribution in [2.75, 3.05) is 17.1 Å². The largest absolute Gasteiger partial charge is 0.476 e. The zero-order chi connectivity index (χ0) is 21.3. The molecule has 156 valence electrons. The summed E-state index contributed by atoms with van der Waals surface area (Å²) in [5.74, 6) is 0.0709. The maximum atomic E-state index is 13.0. The molecule has 7 heteroatoms. The number of ether oxygens (including phenoxy) is 1. The first-order valence-corrected chi connectivity index (χ1v) is 11.6. The lowest BCUT2D eigenvalue weighted by Gasteiger charge is -2.34. The molecule has 1 N–H and O–H groups in total. The molecule has 0 bridgehead atoms. The predicted octanol–water partition coefficient (Wildman–Crippen LogP) is 3.41. The van der Waals surface area contributed by atoms with Gasteiger partial charge < -0.3 is 10.1 Å². The molecule has 0 aromatic heterocycles. The smallest absolute Gasteiger partial charge is 0.263 e. The summed E-state index contributed by atoms with van der Waals surface area (Å²) in [7, 11) is -3.55. The van der Waals surface area contributed by atoms with E-state index in [0.717, 1.165) is 22.9 Å². The van der Waals surface area contributed by atoms with Gasteiger partial charge in [0, 0.05) is 0 Å². The molecular formula is C22H28N2O4S. The number of benzene rings is 2. The van der Waals surface area contributed by atoms with Crippen LogP contribution in [0.25, 0.3) is 0 Å². The maximum absolute atomic E-state index is 13.0. The number of hydrogen-bond donors (Lipinski definition) is 1. The normalized spacial score (nSPS) is 17.3. The Hall–Kier alpha value is -2.54. The van der Waals surface area contributed by atoms with Gasteiger partial charge in [0.05, 0.1) is 24.5 Å². The van der Waals surface area contributed by atoms with Crippen molar-refractivity contribution in [3.05, 3.63) is 58.7 Å². The molecule has 2 aromatic carbocycles. The standard InChI is InChI=1S/C22H28N2O4S/c1-6-18(17-9-8-15(3)16(4)12-17)23-22(25)21-13-24(29(5,26)27)19-11-14(2)7-10-20(19)28-21/h7-12,18,21H,6,13H2,1-5H3,(H,23,25)/t18-,21+/m1/s1. The van der Waals surface area contributed by atoms with Crippen molar-refractivity contribution in [2.24, 2.45) is 0 Å². The molecule has 1 aliphatic rings. The Labute approximate surface area is 172 Å². The minimum atomic E-state index is -3.55. The number of nitrogens with zero attached hydrogens (tertiary/aromatic N) is 1. The van der Waals surface area contributed by atoms with Crippen LogP contribution in [0.3, 0.4) is 0 Å². The van der Waals surface area contributed by atoms with Crippen LogP contribution in [0.4, 0.5) is 5.69 Å². The molecule has 0 spiro atoms. The Morgan fingerprint density at radius 2 is 1.90 bits per heavy atom. The number of hydrogen-bond acceptors (Lipinski definition) is 4. The van der Waals surface area contributed by atoms with Crippen LogP contribution in [-0.4, -0.2) is 33.2 Å². The van der Waals surface area contributed by atoms with E-state index in [4.69, 9.17) is 4.74 Å². The van der Waals surface area contributed by atoms with Crippen molar-refractivity contribution >= 4 is 21.6 Å². The second kappa shape index (κ2) is 8.06. The summed E-state index contributed by atoms with van der Waals surface area (Å²) >= 11 is 0. The second-order valence-corrected chi connectivity index (χ2v) is 9.59. The third-order valence-electron chi connectivity index (χ3n) is 5.33. The van der Waals surface area contributed by atoms with E-state index in [1.165, 1.54) is 9.87 Å². The van der Waals surface area contributed by atoms with Crippen LogP contribution in [0.5, 0.6) is 5.75 Å². The van der Waals surface area contributed by atoms with E-state index >= 15 is 0 Å². The van der Waals surface area contributed by atoms with Gasteiger partial charge in [0.25, 0.3) is 5.91 Å². The van der Waals surface area contributed by atoms with Gasteiger partial charge in [-0.2, -0.15) is 0 Å². The monoisotopic (exact) mass is 416 g/mol. The first-order chi connectivity index (χ1) is 13.6. The summed E-state index contributed by atoms with van der Waals surface area (Å²) in [6.45, 7) is 7.93. The summed E-state index contributed by atoms with van der Waals surface area (Å²) in [5.41, 5.74) is 4.77. The number of anilines is 1. The Kier molecular flexibility index (Phi) is 5.89. The van der Waals surface area contributed by atoms with Crippen LogP contribution in [0, 0.1) is 20.8 Å². The Bertz CT molecular complexity index is 1030. The van der Waals surface area contributed by atoms with E-state index in [0.29, 0.717) is 17.9 Å². The predicted molar refractivity (Wildman–Crippen MR) is 115 cm³/mol. The van der Waals surface area contributed by atoms with Gasteiger partial charge in [-0.25, -0.2) is 8.42 Å². The van der Waals surface area contributed by atoms with Crippen LogP contribution in [0.15, 0.2) is 36.4 Å². The summed E-state index contributed by atoms with van der Waals surface area (Å²) in [5, 5.41) is 3.03. The van der Waals surface area contributed by atoms with Crippen LogP contribution in [0.1, 0.15) is 41.6 Å². The molecule has 29 heavy (non-hydrogen) atoms. The molecule has 6 nitrogen and oxygen atoms in total. The first kappa shape index (κ1) is 21.2. The molecule has 0 aliphatic carbocycles. The number of carbonyl (C=O) groups excluding carboxylic acids is 1. The van der Waals surface area contributed by atoms with E-state index in [2.05, 4.69) is 11.4 Å². The van der Waals surface area contributed by atoms with Crippen molar-refractivity contribution in [3.63, 3.8) is 0 Å². The SMILES string of the molecule is CC[C@@H](NC(=O)[C@@H]1CN(S(C)(=O)=O)c2cc(C)ccc2O1)c1ccc(C)c(C)c1. The number of amides is 1. The van der Waals surface area contributed by atoms with E-state index in [-0.39, 0.29) is 18.5 Å². The number of nitrogens with one attached hydrogen (secondary N) is 1. The zero-order valence-electron chi connectivity index (χ0n) is 17.5.